The molecule has 12 heavy (non-hydrogen) atoms. The van der Waals surface area contributed by atoms with Gasteiger partial charge in [-0.3, -0.25) is 0 Å². The molecule has 0 unspecified atom stereocenters. The molecule has 0 spiro atoms. The Bertz CT molecular complexity index is 340. The van der Waals surface area contributed by atoms with Crippen LogP contribution in [0.4, 0.5) is 17.6 Å². The van der Waals surface area contributed by atoms with Gasteiger partial charge in [0.15, 0.2) is 5.82 Å². The van der Waals surface area contributed by atoms with Gasteiger partial charge in [0, 0.05) is 6.20 Å². The fourth-order valence-electron chi connectivity index (χ4n) is 0.671. The number of rotatable bonds is 0. The van der Waals surface area contributed by atoms with Crippen molar-refractivity contribution in [1.29, 1.82) is 0 Å². The minimum absolute atomic E-state index is 0.149. The summed E-state index contributed by atoms with van der Waals surface area (Å²) in [7, 11) is 0. The number of aromatic amines is 1. The average Bonchev–Trinajstić information content (AvgIpc) is 1.92. The molecule has 1 heterocycles. The maximum Gasteiger partial charge on any atom is 0.419 e. The highest BCUT2D eigenvalue weighted by Gasteiger charge is 2.33. The molecule has 0 fully saturated rings. The molecular formula is C6H3F4NS. The molecule has 0 atom stereocenters. The predicted molar refractivity (Wildman–Crippen MR) is 36.6 cm³/mol. The second-order valence-electron chi connectivity index (χ2n) is 2.06. The van der Waals surface area contributed by atoms with Gasteiger partial charge in [0.25, 0.3) is 0 Å². The SMILES string of the molecule is Fc1c[nH]c(=S)cc1C(F)(F)F. The van der Waals surface area contributed by atoms with Crippen molar-refractivity contribution in [2.75, 3.05) is 0 Å². The minimum Gasteiger partial charge on any atom is -0.350 e. The number of H-pyrrole nitrogens is 1. The van der Waals surface area contributed by atoms with Crippen molar-refractivity contribution in [3.8, 4) is 0 Å². The molecule has 0 aromatic carbocycles. The van der Waals surface area contributed by atoms with Gasteiger partial charge in [0.2, 0.25) is 0 Å². The average molecular weight is 197 g/mol. The lowest BCUT2D eigenvalue weighted by Gasteiger charge is -2.06. The molecule has 0 aliphatic rings. The standard InChI is InChI=1S/C6H3F4NS/c7-4-2-11-5(12)1-3(4)6(8,9)10/h1-2H,(H,11,12). The molecule has 1 rings (SSSR count). The van der Waals surface area contributed by atoms with E-state index in [9.17, 15) is 17.6 Å². The van der Waals surface area contributed by atoms with Crippen LogP contribution in [0.5, 0.6) is 0 Å². The molecule has 1 N–H and O–H groups in total. The van der Waals surface area contributed by atoms with Gasteiger partial charge in [-0.05, 0) is 6.07 Å². The maximum atomic E-state index is 12.5. The third-order valence-electron chi connectivity index (χ3n) is 1.18. The summed E-state index contributed by atoms with van der Waals surface area (Å²) in [6.07, 6.45) is -4.10. The number of nitrogens with one attached hydrogen (secondary N) is 1. The van der Waals surface area contributed by atoms with E-state index >= 15 is 0 Å². The molecule has 1 nitrogen and oxygen atoms in total. The predicted octanol–water partition coefficient (Wildman–Crippen LogP) is 2.90. The number of hydrogen-bond donors (Lipinski definition) is 1. The summed E-state index contributed by atoms with van der Waals surface area (Å²) in [4.78, 5) is 2.15. The fourth-order valence-corrected chi connectivity index (χ4v) is 0.848. The number of pyridine rings is 1. The molecular weight excluding hydrogens is 194 g/mol. The monoisotopic (exact) mass is 197 g/mol. The van der Waals surface area contributed by atoms with Crippen LogP contribution in [0.1, 0.15) is 5.56 Å². The molecule has 6 heteroatoms. The molecule has 0 amide bonds. The maximum absolute atomic E-state index is 12.5. The zero-order valence-electron chi connectivity index (χ0n) is 5.57. The van der Waals surface area contributed by atoms with E-state index in [-0.39, 0.29) is 4.64 Å². The summed E-state index contributed by atoms with van der Waals surface area (Å²) in [5, 5.41) is 0. The van der Waals surface area contributed by atoms with Crippen LogP contribution < -0.4 is 0 Å². The number of halogens is 4. The minimum atomic E-state index is -4.69. The normalized spacial score (nSPS) is 11.7. The van der Waals surface area contributed by atoms with Crippen LogP contribution >= 0.6 is 12.2 Å². The van der Waals surface area contributed by atoms with Crippen molar-refractivity contribution in [3.05, 3.63) is 28.3 Å². The smallest absolute Gasteiger partial charge is 0.350 e. The summed E-state index contributed by atoms with van der Waals surface area (Å²) in [6, 6.07) is 0.546. The van der Waals surface area contributed by atoms with Crippen LogP contribution in [-0.4, -0.2) is 4.98 Å². The molecule has 0 saturated carbocycles. The quantitative estimate of drug-likeness (QED) is 0.499. The Morgan fingerprint density at radius 1 is 1.33 bits per heavy atom. The van der Waals surface area contributed by atoms with E-state index in [1.165, 1.54) is 0 Å². The van der Waals surface area contributed by atoms with Crippen LogP contribution in [0.3, 0.4) is 0 Å². The number of alkyl halides is 3. The molecule has 0 aliphatic heterocycles. The van der Waals surface area contributed by atoms with Gasteiger partial charge < -0.3 is 4.98 Å². The van der Waals surface area contributed by atoms with Crippen molar-refractivity contribution in [2.24, 2.45) is 0 Å². The number of hydrogen-bond acceptors (Lipinski definition) is 1. The molecule has 0 aliphatic carbocycles. The Kier molecular flexibility index (Phi) is 2.18. The highest BCUT2D eigenvalue weighted by atomic mass is 32.1. The fraction of sp³-hybridized carbons (Fsp3) is 0.167. The first kappa shape index (κ1) is 9.18. The second-order valence-corrected chi connectivity index (χ2v) is 2.50. The molecule has 1 aromatic heterocycles. The van der Waals surface area contributed by atoms with Crippen molar-refractivity contribution in [1.82, 2.24) is 4.98 Å². The second kappa shape index (κ2) is 2.85. The van der Waals surface area contributed by atoms with Crippen LogP contribution in [0.15, 0.2) is 12.3 Å². The Balaban J connectivity index is 3.33. The molecule has 0 radical (unpaired) electrons. The molecule has 0 bridgehead atoms. The first-order chi connectivity index (χ1) is 5.41. The van der Waals surface area contributed by atoms with Gasteiger partial charge in [0.1, 0.15) is 4.64 Å². The van der Waals surface area contributed by atoms with E-state index in [0.717, 1.165) is 0 Å². The lowest BCUT2D eigenvalue weighted by molar-refractivity contribution is -0.140. The zero-order chi connectivity index (χ0) is 9.35. The van der Waals surface area contributed by atoms with Crippen molar-refractivity contribution in [3.63, 3.8) is 0 Å². The Labute approximate surface area is 70.0 Å². The third kappa shape index (κ3) is 1.82. The van der Waals surface area contributed by atoms with E-state index in [1.807, 2.05) is 0 Å². The van der Waals surface area contributed by atoms with Gasteiger partial charge >= 0.3 is 6.18 Å². The largest absolute Gasteiger partial charge is 0.419 e. The van der Waals surface area contributed by atoms with E-state index in [0.29, 0.717) is 12.3 Å². The Morgan fingerprint density at radius 2 is 1.92 bits per heavy atom. The Morgan fingerprint density at radius 3 is 2.33 bits per heavy atom. The van der Waals surface area contributed by atoms with Crippen LogP contribution in [-0.2, 0) is 6.18 Å². The van der Waals surface area contributed by atoms with Gasteiger partial charge in [-0.1, -0.05) is 12.2 Å². The van der Waals surface area contributed by atoms with Crippen LogP contribution in [0.25, 0.3) is 0 Å². The highest BCUT2D eigenvalue weighted by Crippen LogP contribution is 2.30. The summed E-state index contributed by atoms with van der Waals surface area (Å²) >= 11 is 4.41. The van der Waals surface area contributed by atoms with Gasteiger partial charge in [-0.15, -0.1) is 0 Å². The summed E-state index contributed by atoms with van der Waals surface area (Å²) in [5.41, 5.74) is -1.34. The first-order valence-electron chi connectivity index (χ1n) is 2.86. The third-order valence-corrected chi connectivity index (χ3v) is 1.41. The van der Waals surface area contributed by atoms with E-state index in [4.69, 9.17) is 0 Å². The van der Waals surface area contributed by atoms with E-state index in [2.05, 4.69) is 17.2 Å². The van der Waals surface area contributed by atoms with E-state index < -0.39 is 17.6 Å². The lowest BCUT2D eigenvalue weighted by Crippen LogP contribution is -2.08. The zero-order valence-corrected chi connectivity index (χ0v) is 6.39. The van der Waals surface area contributed by atoms with Gasteiger partial charge in [0.05, 0.1) is 5.56 Å². The highest BCUT2D eigenvalue weighted by molar-refractivity contribution is 7.71. The van der Waals surface area contributed by atoms with Crippen LogP contribution in [0.2, 0.25) is 0 Å². The van der Waals surface area contributed by atoms with Gasteiger partial charge in [-0.2, -0.15) is 13.2 Å². The lowest BCUT2D eigenvalue weighted by atomic mass is 10.2. The summed E-state index contributed by atoms with van der Waals surface area (Å²) < 4.78 is 48.1. The van der Waals surface area contributed by atoms with E-state index in [1.54, 1.807) is 0 Å². The summed E-state index contributed by atoms with van der Waals surface area (Å²) in [6.45, 7) is 0. The molecule has 1 aromatic rings. The van der Waals surface area contributed by atoms with Crippen molar-refractivity contribution >= 4 is 12.2 Å². The van der Waals surface area contributed by atoms with Crippen LogP contribution in [0, 0.1) is 10.5 Å². The topological polar surface area (TPSA) is 15.8 Å². The molecule has 0 saturated heterocycles. The molecule has 66 valence electrons. The Hall–Kier alpha value is -0.910. The van der Waals surface area contributed by atoms with Gasteiger partial charge in [-0.25, -0.2) is 4.39 Å². The first-order valence-corrected chi connectivity index (χ1v) is 3.27. The summed E-state index contributed by atoms with van der Waals surface area (Å²) in [5.74, 6) is -1.35. The van der Waals surface area contributed by atoms with Crippen molar-refractivity contribution in [2.45, 2.75) is 6.18 Å². The van der Waals surface area contributed by atoms with Crippen molar-refractivity contribution < 1.29 is 17.6 Å². The number of aromatic nitrogens is 1.